The van der Waals surface area contributed by atoms with Crippen molar-refractivity contribution in [3.63, 3.8) is 0 Å². The molecule has 2 aromatic rings. The van der Waals surface area contributed by atoms with Crippen LogP contribution in [0.2, 0.25) is 5.15 Å². The molecule has 0 aliphatic carbocycles. The summed E-state index contributed by atoms with van der Waals surface area (Å²) in [5.41, 5.74) is 1.81. The quantitative estimate of drug-likeness (QED) is 0.765. The Kier molecular flexibility index (Phi) is 5.71. The molecule has 1 N–H and O–H groups in total. The van der Waals surface area contributed by atoms with Gasteiger partial charge in [0.2, 0.25) is 0 Å². The van der Waals surface area contributed by atoms with Gasteiger partial charge in [0, 0.05) is 35.9 Å². The number of rotatable bonds is 4. The number of likely N-dealkylation sites (tertiary alicyclic amines) is 1. The van der Waals surface area contributed by atoms with Gasteiger partial charge in [0.15, 0.2) is 0 Å². The number of pyridine rings is 1. The van der Waals surface area contributed by atoms with Gasteiger partial charge >= 0.3 is 0 Å². The number of carbonyl (C=O) groups is 2. The highest BCUT2D eigenvalue weighted by Crippen LogP contribution is 2.18. The Hall–Kier alpha value is -1.92. The zero-order valence-electron chi connectivity index (χ0n) is 13.5. The Bertz CT molecular complexity index is 807. The Balaban J connectivity index is 1.67. The highest BCUT2D eigenvalue weighted by Gasteiger charge is 2.19. The minimum Gasteiger partial charge on any atom is -0.348 e. The van der Waals surface area contributed by atoms with Crippen LogP contribution < -0.4 is 5.32 Å². The summed E-state index contributed by atoms with van der Waals surface area (Å²) >= 11 is 9.24. The lowest BCUT2D eigenvalue weighted by Gasteiger charge is -2.15. The molecule has 0 radical (unpaired) electrons. The van der Waals surface area contributed by atoms with E-state index in [0.29, 0.717) is 22.1 Å². The smallest absolute Gasteiger partial charge is 0.254 e. The first-order valence-corrected chi connectivity index (χ1v) is 9.19. The van der Waals surface area contributed by atoms with Gasteiger partial charge in [-0.05, 0) is 52.5 Å². The molecule has 0 spiro atoms. The third-order valence-electron chi connectivity index (χ3n) is 4.07. The zero-order valence-corrected chi connectivity index (χ0v) is 15.8. The minimum absolute atomic E-state index is 0.0462. The molecule has 130 valence electrons. The number of nitrogens with one attached hydrogen (secondary N) is 1. The number of amides is 2. The molecule has 5 nitrogen and oxygen atoms in total. The van der Waals surface area contributed by atoms with Crippen molar-refractivity contribution in [2.75, 3.05) is 13.1 Å². The molecule has 3 rings (SSSR count). The third kappa shape index (κ3) is 4.38. The largest absolute Gasteiger partial charge is 0.348 e. The van der Waals surface area contributed by atoms with Gasteiger partial charge in [-0.25, -0.2) is 4.98 Å². The fourth-order valence-electron chi connectivity index (χ4n) is 2.78. The van der Waals surface area contributed by atoms with Gasteiger partial charge < -0.3 is 10.2 Å². The molecule has 25 heavy (non-hydrogen) atoms. The van der Waals surface area contributed by atoms with Crippen LogP contribution in [0.1, 0.15) is 39.1 Å². The van der Waals surface area contributed by atoms with Gasteiger partial charge in [0.25, 0.3) is 11.8 Å². The van der Waals surface area contributed by atoms with E-state index in [1.54, 1.807) is 12.1 Å². The van der Waals surface area contributed by atoms with Gasteiger partial charge in [0.1, 0.15) is 5.15 Å². The zero-order chi connectivity index (χ0) is 17.8. The van der Waals surface area contributed by atoms with Gasteiger partial charge in [0.05, 0.1) is 5.56 Å². The lowest BCUT2D eigenvalue weighted by Crippen LogP contribution is -2.28. The van der Waals surface area contributed by atoms with Crippen molar-refractivity contribution in [2.45, 2.75) is 19.4 Å². The Morgan fingerprint density at radius 2 is 2.00 bits per heavy atom. The monoisotopic (exact) mass is 421 g/mol. The fraction of sp³-hybridized carbons (Fsp3) is 0.278. The number of hydrogen-bond donors (Lipinski definition) is 1. The van der Waals surface area contributed by atoms with Crippen molar-refractivity contribution in [3.8, 4) is 0 Å². The molecule has 7 heteroatoms. The molecule has 2 amide bonds. The van der Waals surface area contributed by atoms with Crippen molar-refractivity contribution in [3.05, 3.63) is 62.8 Å². The summed E-state index contributed by atoms with van der Waals surface area (Å²) in [7, 11) is 0. The van der Waals surface area contributed by atoms with Crippen LogP contribution in [-0.4, -0.2) is 34.8 Å². The number of halogens is 2. The maximum atomic E-state index is 12.4. The lowest BCUT2D eigenvalue weighted by molar-refractivity contribution is 0.0792. The normalized spacial score (nSPS) is 13.8. The van der Waals surface area contributed by atoms with E-state index in [0.717, 1.165) is 31.5 Å². The number of carbonyl (C=O) groups excluding carboxylic acids is 2. The second-order valence-corrected chi connectivity index (χ2v) is 7.15. The summed E-state index contributed by atoms with van der Waals surface area (Å²) in [5.74, 6) is -0.264. The van der Waals surface area contributed by atoms with Crippen molar-refractivity contribution in [2.24, 2.45) is 0 Å². The molecular formula is C18H17BrClN3O2. The first-order chi connectivity index (χ1) is 12.0. The van der Waals surface area contributed by atoms with Gasteiger partial charge in [-0.3, -0.25) is 9.59 Å². The maximum absolute atomic E-state index is 12.4. The van der Waals surface area contributed by atoms with Gasteiger partial charge in [-0.1, -0.05) is 23.7 Å². The Morgan fingerprint density at radius 1 is 1.24 bits per heavy atom. The summed E-state index contributed by atoms with van der Waals surface area (Å²) < 4.78 is 0.681. The van der Waals surface area contributed by atoms with Crippen molar-refractivity contribution >= 4 is 39.3 Å². The van der Waals surface area contributed by atoms with E-state index in [2.05, 4.69) is 26.2 Å². The van der Waals surface area contributed by atoms with Crippen LogP contribution in [0, 0.1) is 0 Å². The Morgan fingerprint density at radius 3 is 2.76 bits per heavy atom. The van der Waals surface area contributed by atoms with Crippen LogP contribution >= 0.6 is 27.5 Å². The van der Waals surface area contributed by atoms with E-state index in [4.69, 9.17) is 11.6 Å². The van der Waals surface area contributed by atoms with E-state index in [-0.39, 0.29) is 17.0 Å². The Labute approximate surface area is 159 Å². The SMILES string of the molecule is O=C(NCc1cccc(C(=O)N2CCCC2)c1)c1cc(Br)cnc1Cl. The van der Waals surface area contributed by atoms with E-state index >= 15 is 0 Å². The van der Waals surface area contributed by atoms with E-state index in [1.807, 2.05) is 23.1 Å². The maximum Gasteiger partial charge on any atom is 0.254 e. The van der Waals surface area contributed by atoms with Gasteiger partial charge in [-0.2, -0.15) is 0 Å². The molecule has 1 aliphatic rings. The van der Waals surface area contributed by atoms with Crippen LogP contribution in [0.5, 0.6) is 0 Å². The molecule has 0 saturated carbocycles. The highest BCUT2D eigenvalue weighted by atomic mass is 79.9. The predicted molar refractivity (Wildman–Crippen MR) is 99.7 cm³/mol. The molecule has 1 aliphatic heterocycles. The van der Waals surface area contributed by atoms with E-state index < -0.39 is 0 Å². The molecule has 1 saturated heterocycles. The predicted octanol–water partition coefficient (Wildman–Crippen LogP) is 3.66. The highest BCUT2D eigenvalue weighted by molar-refractivity contribution is 9.10. The van der Waals surface area contributed by atoms with Crippen LogP contribution in [0.4, 0.5) is 0 Å². The summed E-state index contributed by atoms with van der Waals surface area (Å²) in [6.07, 6.45) is 3.65. The number of nitrogens with zero attached hydrogens (tertiary/aromatic N) is 2. The molecule has 1 aromatic carbocycles. The summed E-state index contributed by atoms with van der Waals surface area (Å²) in [6.45, 7) is 1.94. The average Bonchev–Trinajstić information content (AvgIpc) is 3.16. The summed E-state index contributed by atoms with van der Waals surface area (Å²) in [4.78, 5) is 30.5. The summed E-state index contributed by atoms with van der Waals surface area (Å²) in [6, 6.07) is 8.96. The number of aromatic nitrogens is 1. The molecular weight excluding hydrogens is 406 g/mol. The number of benzene rings is 1. The van der Waals surface area contributed by atoms with Crippen LogP contribution in [-0.2, 0) is 6.54 Å². The van der Waals surface area contributed by atoms with Crippen LogP contribution in [0.25, 0.3) is 0 Å². The van der Waals surface area contributed by atoms with Crippen LogP contribution in [0.3, 0.4) is 0 Å². The van der Waals surface area contributed by atoms with E-state index in [1.165, 1.54) is 6.20 Å². The number of hydrogen-bond acceptors (Lipinski definition) is 3. The van der Waals surface area contributed by atoms with Crippen LogP contribution in [0.15, 0.2) is 41.0 Å². The van der Waals surface area contributed by atoms with Crippen molar-refractivity contribution in [1.29, 1.82) is 0 Å². The molecule has 2 heterocycles. The first kappa shape index (κ1) is 17.9. The molecule has 0 atom stereocenters. The topological polar surface area (TPSA) is 62.3 Å². The van der Waals surface area contributed by atoms with Crippen molar-refractivity contribution < 1.29 is 9.59 Å². The van der Waals surface area contributed by atoms with Crippen molar-refractivity contribution in [1.82, 2.24) is 15.2 Å². The molecule has 0 bridgehead atoms. The third-order valence-corrected chi connectivity index (χ3v) is 4.81. The lowest BCUT2D eigenvalue weighted by atomic mass is 10.1. The second kappa shape index (κ2) is 7.97. The summed E-state index contributed by atoms with van der Waals surface area (Å²) in [5, 5.41) is 2.96. The molecule has 1 fully saturated rings. The average molecular weight is 423 g/mol. The standard InChI is InChI=1S/C18H17BrClN3O2/c19-14-9-15(16(20)21-11-14)17(24)22-10-12-4-3-5-13(8-12)18(25)23-6-1-2-7-23/h3-5,8-9,11H,1-2,6-7,10H2,(H,22,24). The molecule has 0 unspecified atom stereocenters. The van der Waals surface area contributed by atoms with E-state index in [9.17, 15) is 9.59 Å². The first-order valence-electron chi connectivity index (χ1n) is 8.02. The fourth-order valence-corrected chi connectivity index (χ4v) is 3.30. The van der Waals surface area contributed by atoms with Gasteiger partial charge in [-0.15, -0.1) is 0 Å². The molecule has 1 aromatic heterocycles. The minimum atomic E-state index is -0.310. The second-order valence-electron chi connectivity index (χ2n) is 5.87.